The number of fused-ring (bicyclic) bond motifs is 2. The van der Waals surface area contributed by atoms with Crippen LogP contribution in [-0.4, -0.2) is 18.0 Å². The minimum atomic E-state index is -0.112. The lowest BCUT2D eigenvalue weighted by molar-refractivity contribution is 0.102. The minimum absolute atomic E-state index is 0.0154. The maximum atomic E-state index is 12.3. The van der Waals surface area contributed by atoms with Crippen LogP contribution in [0.5, 0.6) is 0 Å². The monoisotopic (exact) mass is 318 g/mol. The third-order valence-electron chi connectivity index (χ3n) is 5.25. The van der Waals surface area contributed by atoms with Crippen LogP contribution in [0.25, 0.3) is 0 Å². The van der Waals surface area contributed by atoms with Gasteiger partial charge in [-0.1, -0.05) is 24.3 Å². The summed E-state index contributed by atoms with van der Waals surface area (Å²) in [7, 11) is 0. The molecule has 0 aromatic heterocycles. The molecular formula is C20H18N2O2. The lowest BCUT2D eigenvalue weighted by Gasteiger charge is -2.26. The van der Waals surface area contributed by atoms with Crippen molar-refractivity contribution in [1.82, 2.24) is 0 Å². The Labute approximate surface area is 140 Å². The molecule has 2 aliphatic carbocycles. The van der Waals surface area contributed by atoms with Gasteiger partial charge in [-0.25, -0.2) is 9.79 Å². The molecule has 0 radical (unpaired) electrons. The molecule has 1 N–H and O–H groups in total. The molecule has 2 aliphatic rings. The Morgan fingerprint density at radius 3 is 2.83 bits per heavy atom. The van der Waals surface area contributed by atoms with Crippen LogP contribution in [0.1, 0.15) is 40.7 Å². The third kappa shape index (κ3) is 2.45. The lowest BCUT2D eigenvalue weighted by Crippen LogP contribution is -2.20. The van der Waals surface area contributed by atoms with Gasteiger partial charge in [0.15, 0.2) is 0 Å². The van der Waals surface area contributed by atoms with Gasteiger partial charge in [0, 0.05) is 16.7 Å². The van der Waals surface area contributed by atoms with E-state index in [9.17, 15) is 9.59 Å². The number of anilines is 1. The van der Waals surface area contributed by atoms with E-state index in [0.717, 1.165) is 31.4 Å². The first kappa shape index (κ1) is 14.9. The molecule has 4 heteroatoms. The molecule has 24 heavy (non-hydrogen) atoms. The average molecular weight is 318 g/mol. The van der Waals surface area contributed by atoms with E-state index in [-0.39, 0.29) is 17.4 Å². The summed E-state index contributed by atoms with van der Waals surface area (Å²) >= 11 is 0. The molecule has 4 rings (SSSR count). The van der Waals surface area contributed by atoms with Gasteiger partial charge in [0.1, 0.15) is 0 Å². The predicted molar refractivity (Wildman–Crippen MR) is 92.0 cm³/mol. The van der Waals surface area contributed by atoms with Gasteiger partial charge in [-0.15, -0.1) is 0 Å². The fourth-order valence-corrected chi connectivity index (χ4v) is 3.93. The number of nitrogens with one attached hydrogen (secondary N) is 1. The number of carbonyl (C=O) groups excluding carboxylic acids is 2. The summed E-state index contributed by atoms with van der Waals surface area (Å²) in [4.78, 5) is 26.9. The van der Waals surface area contributed by atoms with E-state index in [2.05, 4.69) is 22.4 Å². The molecule has 2 aromatic carbocycles. The minimum Gasteiger partial charge on any atom is -0.322 e. The highest BCUT2D eigenvalue weighted by molar-refractivity contribution is 6.04. The second-order valence-corrected chi connectivity index (χ2v) is 6.64. The van der Waals surface area contributed by atoms with E-state index in [1.807, 2.05) is 24.3 Å². The van der Waals surface area contributed by atoms with Crippen molar-refractivity contribution in [3.63, 3.8) is 0 Å². The van der Waals surface area contributed by atoms with Crippen LogP contribution in [-0.2, 0) is 16.6 Å². The van der Waals surface area contributed by atoms with Crippen molar-refractivity contribution in [2.24, 2.45) is 4.99 Å². The Bertz CT molecular complexity index is 840. The van der Waals surface area contributed by atoms with Crippen LogP contribution in [0.15, 0.2) is 53.5 Å². The van der Waals surface area contributed by atoms with Crippen LogP contribution >= 0.6 is 0 Å². The molecule has 4 nitrogen and oxygen atoms in total. The third-order valence-corrected chi connectivity index (χ3v) is 5.25. The van der Waals surface area contributed by atoms with Gasteiger partial charge >= 0.3 is 0 Å². The van der Waals surface area contributed by atoms with Crippen LogP contribution in [0.4, 0.5) is 5.69 Å². The number of hydrogen-bond acceptors (Lipinski definition) is 3. The smallest absolute Gasteiger partial charge is 0.255 e. The number of aryl methyl sites for hydroxylation is 1. The molecular weight excluding hydrogens is 300 g/mol. The highest BCUT2D eigenvalue weighted by Gasteiger charge is 2.57. The van der Waals surface area contributed by atoms with Crippen LogP contribution < -0.4 is 5.32 Å². The average Bonchev–Trinajstić information content (AvgIpc) is 3.29. The highest BCUT2D eigenvalue weighted by Crippen LogP contribution is 2.57. The van der Waals surface area contributed by atoms with Crippen molar-refractivity contribution in [3.8, 4) is 0 Å². The maximum Gasteiger partial charge on any atom is 0.255 e. The van der Waals surface area contributed by atoms with Crippen molar-refractivity contribution < 1.29 is 9.59 Å². The zero-order valence-electron chi connectivity index (χ0n) is 13.3. The number of aliphatic imine (C=N–C) groups is 1. The molecule has 1 amide bonds. The van der Waals surface area contributed by atoms with Crippen molar-refractivity contribution >= 4 is 17.7 Å². The molecule has 1 saturated carbocycles. The Morgan fingerprint density at radius 1 is 1.21 bits per heavy atom. The van der Waals surface area contributed by atoms with Gasteiger partial charge in [0.05, 0.1) is 6.04 Å². The molecule has 2 atom stereocenters. The zero-order valence-corrected chi connectivity index (χ0v) is 13.3. The summed E-state index contributed by atoms with van der Waals surface area (Å²) in [6.45, 7) is 0. The lowest BCUT2D eigenvalue weighted by atomic mass is 9.79. The van der Waals surface area contributed by atoms with Crippen molar-refractivity contribution in [3.05, 3.63) is 65.2 Å². The quantitative estimate of drug-likeness (QED) is 0.694. The zero-order chi connectivity index (χ0) is 16.6. The number of nitrogens with zero attached hydrogens (tertiary/aromatic N) is 1. The SMILES string of the molecule is O=C=N[C@@H]1C[C@]12CCCc1ccc(NC(=O)c3ccccc3)cc12. The summed E-state index contributed by atoms with van der Waals surface area (Å²) in [5.74, 6) is -0.112. The van der Waals surface area contributed by atoms with Gasteiger partial charge in [-0.3, -0.25) is 4.79 Å². The van der Waals surface area contributed by atoms with Crippen molar-refractivity contribution in [2.75, 3.05) is 5.32 Å². The Morgan fingerprint density at radius 2 is 2.04 bits per heavy atom. The number of benzene rings is 2. The molecule has 2 aromatic rings. The summed E-state index contributed by atoms with van der Waals surface area (Å²) in [6, 6.07) is 15.3. The Kier molecular flexibility index (Phi) is 3.55. The van der Waals surface area contributed by atoms with E-state index in [1.165, 1.54) is 11.1 Å². The summed E-state index contributed by atoms with van der Waals surface area (Å²) in [5.41, 5.74) is 3.97. The predicted octanol–water partition coefficient (Wildman–Crippen LogP) is 3.62. The first-order valence-corrected chi connectivity index (χ1v) is 8.30. The maximum absolute atomic E-state index is 12.3. The molecule has 1 fully saturated rings. The van der Waals surface area contributed by atoms with E-state index in [0.29, 0.717) is 5.56 Å². The summed E-state index contributed by atoms with van der Waals surface area (Å²) in [5, 5.41) is 2.97. The van der Waals surface area contributed by atoms with Gasteiger partial charge in [-0.05, 0) is 61.1 Å². The summed E-state index contributed by atoms with van der Waals surface area (Å²) in [6.07, 6.45) is 5.82. The van der Waals surface area contributed by atoms with E-state index < -0.39 is 0 Å². The standard InChI is InChI=1S/C20H18N2O2/c23-13-21-18-12-20(18)10-4-7-14-8-9-16(11-17(14)20)22-19(24)15-5-2-1-3-6-15/h1-3,5-6,8-9,11,18H,4,7,10,12H2,(H,22,24)/t18-,20+/m1/s1. The molecule has 0 aliphatic heterocycles. The molecule has 0 heterocycles. The molecule has 0 saturated heterocycles. The highest BCUT2D eigenvalue weighted by atomic mass is 16.1. The van der Waals surface area contributed by atoms with Crippen molar-refractivity contribution in [2.45, 2.75) is 37.1 Å². The molecule has 0 bridgehead atoms. The second-order valence-electron chi connectivity index (χ2n) is 6.64. The van der Waals surface area contributed by atoms with Gasteiger partial charge < -0.3 is 5.32 Å². The van der Waals surface area contributed by atoms with E-state index in [1.54, 1.807) is 18.2 Å². The Balaban J connectivity index is 1.62. The van der Waals surface area contributed by atoms with E-state index >= 15 is 0 Å². The Hall–Kier alpha value is -2.71. The number of carbonyl (C=O) groups is 1. The number of hydrogen-bond donors (Lipinski definition) is 1. The second kappa shape index (κ2) is 5.73. The number of rotatable bonds is 3. The fraction of sp³-hybridized carbons (Fsp3) is 0.300. The van der Waals surface area contributed by atoms with Crippen LogP contribution in [0, 0.1) is 0 Å². The first-order valence-electron chi connectivity index (χ1n) is 8.30. The largest absolute Gasteiger partial charge is 0.322 e. The van der Waals surface area contributed by atoms with Gasteiger partial charge in [0.25, 0.3) is 5.91 Å². The summed E-state index contributed by atoms with van der Waals surface area (Å²) < 4.78 is 0. The van der Waals surface area contributed by atoms with Crippen LogP contribution in [0.2, 0.25) is 0 Å². The van der Waals surface area contributed by atoms with Crippen LogP contribution in [0.3, 0.4) is 0 Å². The number of isocyanates is 1. The number of amides is 1. The first-order chi connectivity index (χ1) is 11.7. The van der Waals surface area contributed by atoms with Gasteiger partial charge in [0.2, 0.25) is 6.08 Å². The normalized spacial score (nSPS) is 23.9. The van der Waals surface area contributed by atoms with Gasteiger partial charge in [-0.2, -0.15) is 0 Å². The van der Waals surface area contributed by atoms with Crippen molar-refractivity contribution in [1.29, 1.82) is 0 Å². The molecule has 0 unspecified atom stereocenters. The topological polar surface area (TPSA) is 58.5 Å². The molecule has 120 valence electrons. The van der Waals surface area contributed by atoms with E-state index in [4.69, 9.17) is 0 Å². The fourth-order valence-electron chi connectivity index (χ4n) is 3.93. The molecule has 1 spiro atoms.